The molecule has 2 heterocycles. The second kappa shape index (κ2) is 6.34. The molecule has 0 bridgehead atoms. The third kappa shape index (κ3) is 3.39. The van der Waals surface area contributed by atoms with E-state index in [1.165, 1.54) is 4.80 Å². The Morgan fingerprint density at radius 2 is 2.13 bits per heavy atom. The fraction of sp³-hybridized carbons (Fsp3) is 0.286. The number of benzene rings is 1. The number of rotatable bonds is 5. The molecule has 118 valence electrons. The average Bonchev–Trinajstić information content (AvgIpc) is 3.22. The molecule has 2 N–H and O–H groups in total. The first-order valence-corrected chi connectivity index (χ1v) is 7.14. The molecule has 0 fully saturated rings. The molecule has 3 rings (SSSR count). The lowest BCUT2D eigenvalue weighted by molar-refractivity contribution is -0.124. The Morgan fingerprint density at radius 3 is 2.83 bits per heavy atom. The number of nitrogens with zero attached hydrogens (tertiary/aromatic N) is 6. The van der Waals surface area contributed by atoms with E-state index in [1.54, 1.807) is 13.8 Å². The van der Waals surface area contributed by atoms with Crippen molar-refractivity contribution in [1.82, 2.24) is 40.7 Å². The van der Waals surface area contributed by atoms with Gasteiger partial charge in [-0.2, -0.15) is 9.90 Å². The third-order valence-electron chi connectivity index (χ3n) is 3.25. The van der Waals surface area contributed by atoms with E-state index < -0.39 is 6.04 Å². The highest BCUT2D eigenvalue weighted by molar-refractivity contribution is 5.79. The largest absolute Gasteiger partial charge is 0.347 e. The minimum atomic E-state index is -0.583. The summed E-state index contributed by atoms with van der Waals surface area (Å²) in [5.74, 6) is 1.48. The van der Waals surface area contributed by atoms with Gasteiger partial charge in [0, 0.05) is 5.56 Å². The number of amides is 1. The lowest BCUT2D eigenvalue weighted by atomic mass is 10.2. The second-order valence-corrected chi connectivity index (χ2v) is 5.03. The number of aryl methyl sites for hydroxylation is 1. The van der Waals surface area contributed by atoms with Crippen LogP contribution in [0.4, 0.5) is 0 Å². The fourth-order valence-electron chi connectivity index (χ4n) is 1.98. The molecule has 9 heteroatoms. The highest BCUT2D eigenvalue weighted by Gasteiger charge is 2.18. The van der Waals surface area contributed by atoms with Crippen molar-refractivity contribution in [3.05, 3.63) is 42.0 Å². The van der Waals surface area contributed by atoms with Gasteiger partial charge < -0.3 is 5.32 Å². The molecule has 2 aromatic heterocycles. The highest BCUT2D eigenvalue weighted by Crippen LogP contribution is 2.13. The quantitative estimate of drug-likeness (QED) is 0.714. The number of carbonyl (C=O) groups is 1. The van der Waals surface area contributed by atoms with Crippen LogP contribution in [0.3, 0.4) is 0 Å². The summed E-state index contributed by atoms with van der Waals surface area (Å²) in [4.78, 5) is 17.6. The van der Waals surface area contributed by atoms with E-state index in [0.717, 1.165) is 5.56 Å². The number of tetrazole rings is 1. The maximum absolute atomic E-state index is 12.2. The van der Waals surface area contributed by atoms with Gasteiger partial charge in [0.15, 0.2) is 5.82 Å². The predicted molar refractivity (Wildman–Crippen MR) is 80.9 cm³/mol. The van der Waals surface area contributed by atoms with E-state index in [2.05, 4.69) is 35.9 Å². The minimum Gasteiger partial charge on any atom is -0.347 e. The Kier molecular flexibility index (Phi) is 4.09. The zero-order valence-corrected chi connectivity index (χ0v) is 12.8. The van der Waals surface area contributed by atoms with Crippen LogP contribution in [0.2, 0.25) is 0 Å². The molecule has 1 atom stereocenters. The summed E-state index contributed by atoms with van der Waals surface area (Å²) in [6, 6.07) is 8.89. The third-order valence-corrected chi connectivity index (χ3v) is 3.25. The summed E-state index contributed by atoms with van der Waals surface area (Å²) >= 11 is 0. The first-order valence-electron chi connectivity index (χ1n) is 7.14. The van der Waals surface area contributed by atoms with Crippen molar-refractivity contribution in [2.75, 3.05) is 0 Å². The maximum Gasteiger partial charge on any atom is 0.246 e. The van der Waals surface area contributed by atoms with Crippen molar-refractivity contribution in [1.29, 1.82) is 0 Å². The van der Waals surface area contributed by atoms with Gasteiger partial charge in [0.05, 0.1) is 6.54 Å². The molecular formula is C14H16N8O. The van der Waals surface area contributed by atoms with Gasteiger partial charge in [0.2, 0.25) is 11.7 Å². The molecule has 0 aliphatic carbocycles. The molecule has 1 unspecified atom stereocenters. The minimum absolute atomic E-state index is 0.232. The van der Waals surface area contributed by atoms with E-state index in [9.17, 15) is 4.79 Å². The Bertz CT molecular complexity index is 794. The second-order valence-electron chi connectivity index (χ2n) is 5.03. The Morgan fingerprint density at radius 1 is 1.35 bits per heavy atom. The van der Waals surface area contributed by atoms with Gasteiger partial charge in [-0.1, -0.05) is 30.3 Å². The lowest BCUT2D eigenvalue weighted by Crippen LogP contribution is -2.32. The molecule has 0 radical (unpaired) electrons. The number of hydrogen-bond acceptors (Lipinski definition) is 6. The molecule has 1 aromatic carbocycles. The summed E-state index contributed by atoms with van der Waals surface area (Å²) < 4.78 is 0. The van der Waals surface area contributed by atoms with E-state index in [4.69, 9.17) is 0 Å². The number of nitrogens with one attached hydrogen (secondary N) is 2. The summed E-state index contributed by atoms with van der Waals surface area (Å²) in [6.07, 6.45) is 0. The molecular weight excluding hydrogens is 296 g/mol. The van der Waals surface area contributed by atoms with Gasteiger partial charge in [0.1, 0.15) is 11.9 Å². The molecule has 0 aliphatic heterocycles. The highest BCUT2D eigenvalue weighted by atomic mass is 16.2. The molecule has 0 saturated carbocycles. The van der Waals surface area contributed by atoms with Crippen LogP contribution in [0.5, 0.6) is 0 Å². The van der Waals surface area contributed by atoms with E-state index in [1.807, 2.05) is 30.3 Å². The van der Waals surface area contributed by atoms with Crippen LogP contribution < -0.4 is 5.32 Å². The van der Waals surface area contributed by atoms with Gasteiger partial charge in [0.25, 0.3) is 0 Å². The number of aromatic amines is 1. The molecule has 1 amide bonds. The van der Waals surface area contributed by atoms with E-state index in [-0.39, 0.29) is 12.5 Å². The number of H-pyrrole nitrogens is 1. The van der Waals surface area contributed by atoms with Crippen LogP contribution >= 0.6 is 0 Å². The van der Waals surface area contributed by atoms with Crippen LogP contribution in [0.15, 0.2) is 30.3 Å². The summed E-state index contributed by atoms with van der Waals surface area (Å²) in [5.41, 5.74) is 0.850. The van der Waals surface area contributed by atoms with Crippen LogP contribution in [-0.2, 0) is 11.3 Å². The standard InChI is InChI=1S/C14H16N8O/c1-9(14(23)15-8-12-16-10(2)17-18-12)22-20-13(19-21-22)11-6-4-3-5-7-11/h3-7,9H,8H2,1-2H3,(H,15,23)(H,16,17,18). The molecule has 3 aromatic rings. The summed E-state index contributed by atoms with van der Waals surface area (Å²) in [7, 11) is 0. The zero-order valence-electron chi connectivity index (χ0n) is 12.8. The van der Waals surface area contributed by atoms with Crippen molar-refractivity contribution in [3.8, 4) is 11.4 Å². The van der Waals surface area contributed by atoms with Gasteiger partial charge in [-0.3, -0.25) is 9.89 Å². The maximum atomic E-state index is 12.2. The fourth-order valence-corrected chi connectivity index (χ4v) is 1.98. The molecule has 0 saturated heterocycles. The van der Waals surface area contributed by atoms with Crippen molar-refractivity contribution < 1.29 is 4.79 Å². The molecule has 23 heavy (non-hydrogen) atoms. The van der Waals surface area contributed by atoms with Gasteiger partial charge in [-0.05, 0) is 19.1 Å². The zero-order chi connectivity index (χ0) is 16.2. The normalized spacial score (nSPS) is 12.1. The number of carbonyl (C=O) groups excluding carboxylic acids is 1. The van der Waals surface area contributed by atoms with Crippen molar-refractivity contribution in [3.63, 3.8) is 0 Å². The van der Waals surface area contributed by atoms with Gasteiger partial charge >= 0.3 is 0 Å². The van der Waals surface area contributed by atoms with Gasteiger partial charge in [-0.25, -0.2) is 4.98 Å². The number of aromatic nitrogens is 7. The lowest BCUT2D eigenvalue weighted by Gasteiger charge is -2.09. The van der Waals surface area contributed by atoms with Crippen LogP contribution in [-0.4, -0.2) is 41.3 Å². The molecule has 9 nitrogen and oxygen atoms in total. The Balaban J connectivity index is 1.64. The SMILES string of the molecule is Cc1nc(CNC(=O)C(C)n2nnc(-c3ccccc3)n2)n[nH]1. The van der Waals surface area contributed by atoms with Crippen LogP contribution in [0.1, 0.15) is 24.6 Å². The molecule has 0 spiro atoms. The summed E-state index contributed by atoms with van der Waals surface area (Å²) in [6.45, 7) is 3.74. The summed E-state index contributed by atoms with van der Waals surface area (Å²) in [5, 5.41) is 21.6. The van der Waals surface area contributed by atoms with E-state index >= 15 is 0 Å². The average molecular weight is 312 g/mol. The van der Waals surface area contributed by atoms with E-state index in [0.29, 0.717) is 17.5 Å². The first-order chi connectivity index (χ1) is 11.1. The number of hydrogen-bond donors (Lipinski definition) is 2. The van der Waals surface area contributed by atoms with Gasteiger partial charge in [-0.15, -0.1) is 10.2 Å². The first kappa shape index (κ1) is 14.8. The van der Waals surface area contributed by atoms with Crippen molar-refractivity contribution in [2.45, 2.75) is 26.4 Å². The van der Waals surface area contributed by atoms with Crippen molar-refractivity contribution in [2.24, 2.45) is 0 Å². The smallest absolute Gasteiger partial charge is 0.246 e. The monoisotopic (exact) mass is 312 g/mol. The molecule has 0 aliphatic rings. The van der Waals surface area contributed by atoms with Crippen LogP contribution in [0.25, 0.3) is 11.4 Å². The van der Waals surface area contributed by atoms with Crippen LogP contribution in [0, 0.1) is 6.92 Å². The van der Waals surface area contributed by atoms with Crippen molar-refractivity contribution >= 4 is 5.91 Å². The topological polar surface area (TPSA) is 114 Å². The Labute approximate surface area is 132 Å². The Hall–Kier alpha value is -3.10. The predicted octanol–water partition coefficient (Wildman–Crippen LogP) is 0.644.